The Bertz CT molecular complexity index is 663. The van der Waals surface area contributed by atoms with Crippen molar-refractivity contribution >= 4 is 44.1 Å². The third kappa shape index (κ3) is 4.65. The predicted molar refractivity (Wildman–Crippen MR) is 87.8 cm³/mol. The van der Waals surface area contributed by atoms with Crippen LogP contribution in [0.25, 0.3) is 0 Å². The van der Waals surface area contributed by atoms with Gasteiger partial charge in [-0.05, 0) is 31.5 Å². The van der Waals surface area contributed by atoms with Crippen molar-refractivity contribution in [2.45, 2.75) is 23.8 Å². The molecule has 0 unspecified atom stereocenters. The maximum absolute atomic E-state index is 14.3. The average Bonchev–Trinajstić information content (AvgIpc) is 2.40. The van der Waals surface area contributed by atoms with Crippen LogP contribution in [0.2, 0.25) is 0 Å². The first kappa shape index (κ1) is 19.3. The van der Waals surface area contributed by atoms with Gasteiger partial charge in [0.25, 0.3) is 5.91 Å². The first-order valence-corrected chi connectivity index (χ1v) is 9.18. The van der Waals surface area contributed by atoms with Gasteiger partial charge in [0.15, 0.2) is 15.7 Å². The molecule has 1 saturated heterocycles. The number of sulfone groups is 1. The minimum Gasteiger partial charge on any atom is -0.348 e. The lowest BCUT2D eigenvalue weighted by Gasteiger charge is -2.24. The Morgan fingerprint density at radius 2 is 2.14 bits per heavy atom. The molecule has 1 fully saturated rings. The second kappa shape index (κ2) is 7.72. The molecule has 1 heterocycles. The van der Waals surface area contributed by atoms with Gasteiger partial charge < -0.3 is 10.6 Å². The molecule has 5 nitrogen and oxygen atoms in total. The second-order valence-corrected chi connectivity index (χ2v) is 7.95. The highest BCUT2D eigenvalue weighted by molar-refractivity contribution is 9.10. The largest absolute Gasteiger partial charge is 0.348 e. The number of hydrogen-bond donors (Lipinski definition) is 2. The number of rotatable bonds is 3. The van der Waals surface area contributed by atoms with Crippen LogP contribution in [0.4, 0.5) is 4.39 Å². The number of carbonyl (C=O) groups excluding carboxylic acids is 1. The lowest BCUT2D eigenvalue weighted by atomic mass is 10.1. The summed E-state index contributed by atoms with van der Waals surface area (Å²) < 4.78 is 37.8. The Morgan fingerprint density at radius 3 is 2.68 bits per heavy atom. The smallest absolute Gasteiger partial charge is 0.254 e. The molecule has 124 valence electrons. The van der Waals surface area contributed by atoms with Crippen molar-refractivity contribution in [2.24, 2.45) is 0 Å². The molecule has 0 saturated carbocycles. The lowest BCUT2D eigenvalue weighted by molar-refractivity contribution is 0.0926. The van der Waals surface area contributed by atoms with Crippen molar-refractivity contribution in [3.63, 3.8) is 0 Å². The molecule has 0 radical (unpaired) electrons. The van der Waals surface area contributed by atoms with Crippen LogP contribution in [0.3, 0.4) is 0 Å². The van der Waals surface area contributed by atoms with E-state index in [9.17, 15) is 17.6 Å². The Labute approximate surface area is 143 Å². The van der Waals surface area contributed by atoms with Gasteiger partial charge in [-0.2, -0.15) is 0 Å². The van der Waals surface area contributed by atoms with Crippen LogP contribution in [0.1, 0.15) is 23.2 Å². The van der Waals surface area contributed by atoms with Gasteiger partial charge in [0.05, 0.1) is 5.56 Å². The van der Waals surface area contributed by atoms with Gasteiger partial charge in [-0.25, -0.2) is 12.8 Å². The van der Waals surface area contributed by atoms with E-state index >= 15 is 0 Å². The normalized spacial score (nSPS) is 18.4. The van der Waals surface area contributed by atoms with Crippen molar-refractivity contribution < 1.29 is 17.6 Å². The van der Waals surface area contributed by atoms with E-state index in [1.807, 2.05) is 0 Å². The summed E-state index contributed by atoms with van der Waals surface area (Å²) in [6.45, 7) is 1.52. The third-order valence-electron chi connectivity index (χ3n) is 3.28. The molecule has 22 heavy (non-hydrogen) atoms. The highest BCUT2D eigenvalue weighted by atomic mass is 79.9. The Hall–Kier alpha value is -0.700. The molecule has 9 heteroatoms. The SMILES string of the molecule is CS(=O)(=O)c1cc(Br)cc(C(=O)N[C@H]2CCCNC2)c1F.Cl. The summed E-state index contributed by atoms with van der Waals surface area (Å²) >= 11 is 3.11. The first-order valence-electron chi connectivity index (χ1n) is 6.49. The van der Waals surface area contributed by atoms with E-state index in [1.165, 1.54) is 6.07 Å². The molecule has 0 bridgehead atoms. The molecule has 0 aliphatic carbocycles. The Morgan fingerprint density at radius 1 is 1.45 bits per heavy atom. The molecule has 1 aliphatic heterocycles. The van der Waals surface area contributed by atoms with Gasteiger partial charge in [-0.3, -0.25) is 4.79 Å². The van der Waals surface area contributed by atoms with Crippen LogP contribution < -0.4 is 10.6 Å². The number of carbonyl (C=O) groups is 1. The second-order valence-electron chi connectivity index (χ2n) is 5.05. The van der Waals surface area contributed by atoms with E-state index in [0.29, 0.717) is 11.0 Å². The molecule has 0 aromatic heterocycles. The zero-order valence-corrected chi connectivity index (χ0v) is 15.1. The van der Waals surface area contributed by atoms with Crippen LogP contribution in [0, 0.1) is 5.82 Å². The molecule has 1 atom stereocenters. The van der Waals surface area contributed by atoms with E-state index in [0.717, 1.165) is 31.7 Å². The Balaban J connectivity index is 0.00000242. The maximum atomic E-state index is 14.3. The molecular weight excluding hydrogens is 399 g/mol. The number of piperidine rings is 1. The molecule has 2 rings (SSSR count). The minimum absolute atomic E-state index is 0. The van der Waals surface area contributed by atoms with E-state index in [-0.39, 0.29) is 24.0 Å². The third-order valence-corrected chi connectivity index (χ3v) is 4.83. The summed E-state index contributed by atoms with van der Waals surface area (Å²) in [6, 6.07) is 2.37. The summed E-state index contributed by atoms with van der Waals surface area (Å²) in [7, 11) is -3.74. The van der Waals surface area contributed by atoms with Crippen LogP contribution in [0.5, 0.6) is 0 Å². The standard InChI is InChI=1S/C13H16BrFN2O3S.ClH/c1-21(19,20)11-6-8(14)5-10(12(11)15)13(18)17-9-3-2-4-16-7-9;/h5-6,9,16H,2-4,7H2,1H3,(H,17,18);1H/t9-;/m0./s1. The van der Waals surface area contributed by atoms with Crippen LogP contribution >= 0.6 is 28.3 Å². The summed E-state index contributed by atoms with van der Waals surface area (Å²) in [5.41, 5.74) is -0.268. The van der Waals surface area contributed by atoms with E-state index in [4.69, 9.17) is 0 Å². The fourth-order valence-electron chi connectivity index (χ4n) is 2.24. The summed E-state index contributed by atoms with van der Waals surface area (Å²) in [6.07, 6.45) is 2.65. The topological polar surface area (TPSA) is 75.3 Å². The minimum atomic E-state index is -3.74. The van der Waals surface area contributed by atoms with E-state index in [1.54, 1.807) is 0 Å². The van der Waals surface area contributed by atoms with Gasteiger partial charge >= 0.3 is 0 Å². The number of benzene rings is 1. The molecular formula is C13H17BrClFN2O3S. The zero-order chi connectivity index (χ0) is 15.6. The highest BCUT2D eigenvalue weighted by Crippen LogP contribution is 2.24. The molecule has 1 amide bonds. The quantitative estimate of drug-likeness (QED) is 0.790. The predicted octanol–water partition coefficient (Wildman–Crippen LogP) is 1.90. The van der Waals surface area contributed by atoms with Crippen molar-refractivity contribution in [1.29, 1.82) is 0 Å². The lowest BCUT2D eigenvalue weighted by Crippen LogP contribution is -2.45. The number of nitrogens with one attached hydrogen (secondary N) is 2. The molecule has 1 aliphatic rings. The monoisotopic (exact) mass is 414 g/mol. The number of halogens is 3. The molecule has 0 spiro atoms. The van der Waals surface area contributed by atoms with Crippen molar-refractivity contribution in [3.8, 4) is 0 Å². The van der Waals surface area contributed by atoms with Gasteiger partial charge in [0.1, 0.15) is 4.90 Å². The summed E-state index contributed by atoms with van der Waals surface area (Å²) in [5, 5.41) is 5.86. The van der Waals surface area contributed by atoms with Crippen LogP contribution in [-0.2, 0) is 9.84 Å². The summed E-state index contributed by atoms with van der Waals surface area (Å²) in [5.74, 6) is -1.62. The molecule has 1 aromatic carbocycles. The highest BCUT2D eigenvalue weighted by Gasteiger charge is 2.24. The number of amides is 1. The number of hydrogen-bond acceptors (Lipinski definition) is 4. The van der Waals surface area contributed by atoms with Crippen molar-refractivity contribution in [3.05, 3.63) is 28.0 Å². The fourth-order valence-corrected chi connectivity index (χ4v) is 3.62. The van der Waals surface area contributed by atoms with Crippen molar-refractivity contribution in [1.82, 2.24) is 10.6 Å². The zero-order valence-electron chi connectivity index (χ0n) is 11.9. The first-order chi connectivity index (χ1) is 9.79. The van der Waals surface area contributed by atoms with Gasteiger partial charge in [-0.1, -0.05) is 15.9 Å². The van der Waals surface area contributed by atoms with Crippen molar-refractivity contribution in [2.75, 3.05) is 19.3 Å². The van der Waals surface area contributed by atoms with Gasteiger partial charge in [-0.15, -0.1) is 12.4 Å². The van der Waals surface area contributed by atoms with Crippen LogP contribution in [-0.4, -0.2) is 39.7 Å². The van der Waals surface area contributed by atoms with E-state index in [2.05, 4.69) is 26.6 Å². The summed E-state index contributed by atoms with van der Waals surface area (Å²) in [4.78, 5) is 11.7. The molecule has 1 aromatic rings. The fraction of sp³-hybridized carbons (Fsp3) is 0.462. The van der Waals surface area contributed by atoms with E-state index < -0.39 is 26.5 Å². The van der Waals surface area contributed by atoms with Gasteiger partial charge in [0, 0.05) is 23.3 Å². The average molecular weight is 416 g/mol. The Kier molecular flexibility index (Phi) is 6.79. The molecule has 2 N–H and O–H groups in total. The maximum Gasteiger partial charge on any atom is 0.254 e. The van der Waals surface area contributed by atoms with Gasteiger partial charge in [0.2, 0.25) is 0 Å². The van der Waals surface area contributed by atoms with Crippen LogP contribution in [0.15, 0.2) is 21.5 Å².